The summed E-state index contributed by atoms with van der Waals surface area (Å²) >= 11 is 0. The van der Waals surface area contributed by atoms with Gasteiger partial charge in [0.15, 0.2) is 0 Å². The molecule has 0 aliphatic rings. The van der Waals surface area contributed by atoms with E-state index >= 15 is 0 Å². The number of nitrogens with two attached hydrogens (primary N) is 1. The molecule has 0 aromatic rings. The minimum Gasteiger partial charge on any atom is -0.324 e. The van der Waals surface area contributed by atoms with Crippen LogP contribution >= 0.6 is 0 Å². The standard InChI is InChI=1S/C4H5F2N/c1-2-4(5,6)3-7/h1H,3,7H2. The number of hydrogen-bond acceptors (Lipinski definition) is 1. The summed E-state index contributed by atoms with van der Waals surface area (Å²) in [6.07, 6.45) is 4.34. The van der Waals surface area contributed by atoms with Crippen molar-refractivity contribution in [3.63, 3.8) is 0 Å². The Morgan fingerprint density at radius 2 is 2.14 bits per heavy atom. The van der Waals surface area contributed by atoms with E-state index in [-0.39, 0.29) is 0 Å². The van der Waals surface area contributed by atoms with Crippen LogP contribution in [0.25, 0.3) is 0 Å². The Morgan fingerprint density at radius 3 is 2.14 bits per heavy atom. The summed E-state index contributed by atoms with van der Waals surface area (Å²) in [5, 5.41) is 0. The van der Waals surface area contributed by atoms with Gasteiger partial charge in [0.05, 0.1) is 6.54 Å². The molecule has 2 N–H and O–H groups in total. The monoisotopic (exact) mass is 105 g/mol. The minimum absolute atomic E-state index is 0.774. The Morgan fingerprint density at radius 1 is 1.71 bits per heavy atom. The molecule has 7 heavy (non-hydrogen) atoms. The van der Waals surface area contributed by atoms with Crippen LogP contribution in [-0.2, 0) is 0 Å². The zero-order valence-electron chi connectivity index (χ0n) is 3.62. The van der Waals surface area contributed by atoms with Crippen LogP contribution in [0, 0.1) is 12.3 Å². The molecule has 0 aromatic heterocycles. The van der Waals surface area contributed by atoms with E-state index in [0.29, 0.717) is 0 Å². The minimum atomic E-state index is -3.11. The molecule has 0 atom stereocenters. The first-order chi connectivity index (χ1) is 3.12. The fraction of sp³-hybridized carbons (Fsp3) is 0.500. The summed E-state index contributed by atoms with van der Waals surface area (Å²) in [5.74, 6) is -1.88. The van der Waals surface area contributed by atoms with E-state index in [1.807, 2.05) is 0 Å². The van der Waals surface area contributed by atoms with E-state index in [9.17, 15) is 8.78 Å². The van der Waals surface area contributed by atoms with Gasteiger partial charge in [-0.15, -0.1) is 6.42 Å². The van der Waals surface area contributed by atoms with Crippen LogP contribution in [0.5, 0.6) is 0 Å². The van der Waals surface area contributed by atoms with Gasteiger partial charge in [-0.3, -0.25) is 0 Å². The molecule has 40 valence electrons. The molecule has 0 rings (SSSR count). The van der Waals surface area contributed by atoms with Gasteiger partial charge in [0.25, 0.3) is 0 Å². The van der Waals surface area contributed by atoms with Crippen molar-refractivity contribution in [3.05, 3.63) is 0 Å². The summed E-state index contributed by atoms with van der Waals surface area (Å²) in [7, 11) is 0. The zero-order valence-corrected chi connectivity index (χ0v) is 3.62. The second-order valence-electron chi connectivity index (χ2n) is 1.05. The normalized spacial score (nSPS) is 10.6. The van der Waals surface area contributed by atoms with Crippen molar-refractivity contribution in [3.8, 4) is 12.3 Å². The van der Waals surface area contributed by atoms with Gasteiger partial charge in [-0.1, -0.05) is 0 Å². The molecule has 0 unspecified atom stereocenters. The highest BCUT2D eigenvalue weighted by Gasteiger charge is 2.21. The molecular weight excluding hydrogens is 100 g/mol. The lowest BCUT2D eigenvalue weighted by Crippen LogP contribution is -2.25. The second kappa shape index (κ2) is 1.90. The molecule has 0 amide bonds. The molecule has 0 radical (unpaired) electrons. The Balaban J connectivity index is 3.66. The zero-order chi connectivity index (χ0) is 5.91. The number of hydrogen-bond donors (Lipinski definition) is 1. The van der Waals surface area contributed by atoms with E-state index in [4.69, 9.17) is 0 Å². The molecular formula is C4H5F2N. The molecule has 3 heteroatoms. The first-order valence-corrected chi connectivity index (χ1v) is 1.68. The molecule has 1 nitrogen and oxygen atoms in total. The van der Waals surface area contributed by atoms with Gasteiger partial charge in [0.1, 0.15) is 0 Å². The number of rotatable bonds is 1. The third kappa shape index (κ3) is 2.12. The van der Waals surface area contributed by atoms with Gasteiger partial charge in [0.2, 0.25) is 0 Å². The Kier molecular flexibility index (Phi) is 1.73. The highest BCUT2D eigenvalue weighted by atomic mass is 19.3. The average Bonchev–Trinajstić information content (AvgIpc) is 1.68. The molecule has 0 fully saturated rings. The molecule has 0 heterocycles. The van der Waals surface area contributed by atoms with Gasteiger partial charge >= 0.3 is 5.92 Å². The lowest BCUT2D eigenvalue weighted by atomic mass is 10.4. The van der Waals surface area contributed by atoms with Crippen molar-refractivity contribution in [2.45, 2.75) is 5.92 Å². The fourth-order valence-electron chi connectivity index (χ4n) is 0.0589. The molecule has 0 bridgehead atoms. The Hall–Kier alpha value is -0.620. The predicted octanol–water partition coefficient (Wildman–Crippen LogP) is 0.214. The number of alkyl halides is 2. The molecule has 0 saturated heterocycles. The number of halogens is 2. The fourth-order valence-corrected chi connectivity index (χ4v) is 0.0589. The van der Waals surface area contributed by atoms with E-state index in [1.165, 1.54) is 5.92 Å². The van der Waals surface area contributed by atoms with E-state index < -0.39 is 12.5 Å². The SMILES string of the molecule is C#CC(F)(F)CN. The van der Waals surface area contributed by atoms with Gasteiger partial charge in [-0.25, -0.2) is 0 Å². The van der Waals surface area contributed by atoms with Crippen LogP contribution in [0.4, 0.5) is 8.78 Å². The van der Waals surface area contributed by atoms with Crippen molar-refractivity contribution < 1.29 is 8.78 Å². The van der Waals surface area contributed by atoms with Crippen LogP contribution in [-0.4, -0.2) is 12.5 Å². The first-order valence-electron chi connectivity index (χ1n) is 1.68. The molecule has 0 saturated carbocycles. The third-order valence-electron chi connectivity index (χ3n) is 0.468. The summed E-state index contributed by atoms with van der Waals surface area (Å²) in [5.41, 5.74) is 4.52. The van der Waals surface area contributed by atoms with Gasteiger partial charge < -0.3 is 5.73 Å². The summed E-state index contributed by atoms with van der Waals surface area (Å²) in [6.45, 7) is -0.774. The average molecular weight is 105 g/mol. The van der Waals surface area contributed by atoms with E-state index in [1.54, 1.807) is 0 Å². The Labute approximate surface area is 40.5 Å². The number of terminal acetylenes is 1. The molecule has 0 aliphatic heterocycles. The highest BCUT2D eigenvalue weighted by molar-refractivity contribution is 5.00. The molecule has 0 aromatic carbocycles. The summed E-state index contributed by atoms with van der Waals surface area (Å²) in [6, 6.07) is 0. The maximum Gasteiger partial charge on any atom is 0.319 e. The van der Waals surface area contributed by atoms with Crippen LogP contribution in [0.1, 0.15) is 0 Å². The quantitative estimate of drug-likeness (QED) is 0.474. The molecule has 0 aliphatic carbocycles. The lowest BCUT2D eigenvalue weighted by Gasteiger charge is -2.01. The van der Waals surface area contributed by atoms with Gasteiger partial charge in [0, 0.05) is 0 Å². The lowest BCUT2D eigenvalue weighted by molar-refractivity contribution is 0.0767. The smallest absolute Gasteiger partial charge is 0.319 e. The van der Waals surface area contributed by atoms with E-state index in [0.717, 1.165) is 0 Å². The largest absolute Gasteiger partial charge is 0.324 e. The second-order valence-corrected chi connectivity index (χ2v) is 1.05. The van der Waals surface area contributed by atoms with Crippen molar-refractivity contribution in [1.82, 2.24) is 0 Å². The summed E-state index contributed by atoms with van der Waals surface area (Å²) in [4.78, 5) is 0. The predicted molar refractivity (Wildman–Crippen MR) is 22.8 cm³/mol. The maximum absolute atomic E-state index is 11.5. The topological polar surface area (TPSA) is 26.0 Å². The first kappa shape index (κ1) is 6.38. The third-order valence-corrected chi connectivity index (χ3v) is 0.468. The van der Waals surface area contributed by atoms with E-state index in [2.05, 4.69) is 12.2 Å². The highest BCUT2D eigenvalue weighted by Crippen LogP contribution is 2.06. The van der Waals surface area contributed by atoms with Crippen molar-refractivity contribution in [1.29, 1.82) is 0 Å². The maximum atomic E-state index is 11.5. The molecule has 0 spiro atoms. The summed E-state index contributed by atoms with van der Waals surface area (Å²) < 4.78 is 23.0. The van der Waals surface area contributed by atoms with Crippen LogP contribution in [0.2, 0.25) is 0 Å². The Bertz CT molecular complexity index is 92.4. The van der Waals surface area contributed by atoms with Crippen molar-refractivity contribution >= 4 is 0 Å². The van der Waals surface area contributed by atoms with Crippen molar-refractivity contribution in [2.75, 3.05) is 6.54 Å². The van der Waals surface area contributed by atoms with Crippen LogP contribution in [0.3, 0.4) is 0 Å². The van der Waals surface area contributed by atoms with Crippen molar-refractivity contribution in [2.24, 2.45) is 5.73 Å². The van der Waals surface area contributed by atoms with Crippen LogP contribution < -0.4 is 5.73 Å². The van der Waals surface area contributed by atoms with Gasteiger partial charge in [-0.2, -0.15) is 8.78 Å². The van der Waals surface area contributed by atoms with Gasteiger partial charge in [-0.05, 0) is 5.92 Å². The van der Waals surface area contributed by atoms with Crippen LogP contribution in [0.15, 0.2) is 0 Å².